The van der Waals surface area contributed by atoms with Gasteiger partial charge in [-0.15, -0.1) is 0 Å². The number of imidazole rings is 1. The van der Waals surface area contributed by atoms with Gasteiger partial charge in [0.1, 0.15) is 35.7 Å². The predicted octanol–water partition coefficient (Wildman–Crippen LogP) is 3.77. The van der Waals surface area contributed by atoms with E-state index in [1.807, 2.05) is 29.9 Å². The smallest absolute Gasteiger partial charge is 0.251 e. The van der Waals surface area contributed by atoms with Gasteiger partial charge in [-0.3, -0.25) is 4.79 Å². The maximum atomic E-state index is 13.2. The van der Waals surface area contributed by atoms with Crippen molar-refractivity contribution >= 4 is 23.6 Å². The van der Waals surface area contributed by atoms with Crippen molar-refractivity contribution in [2.24, 2.45) is 7.05 Å². The highest BCUT2D eigenvalue weighted by Gasteiger charge is 2.25. The van der Waals surface area contributed by atoms with Crippen LogP contribution in [0.25, 0.3) is 6.08 Å². The van der Waals surface area contributed by atoms with Gasteiger partial charge in [-0.25, -0.2) is 4.98 Å². The number of methoxy groups -OCH3 is 2. The second-order valence-corrected chi connectivity index (χ2v) is 7.53. The Labute approximate surface area is 185 Å². The number of aromatic nitrogens is 2. The van der Waals surface area contributed by atoms with E-state index >= 15 is 0 Å². The molecule has 160 valence electrons. The van der Waals surface area contributed by atoms with Crippen molar-refractivity contribution < 1.29 is 19.0 Å². The summed E-state index contributed by atoms with van der Waals surface area (Å²) in [5.74, 6) is 2.34. The van der Waals surface area contributed by atoms with Crippen molar-refractivity contribution in [2.75, 3.05) is 20.8 Å². The lowest BCUT2D eigenvalue weighted by Crippen LogP contribution is -2.34. The minimum Gasteiger partial charge on any atom is -0.497 e. The molecule has 1 unspecified atom stereocenters. The standard InChI is InChI=1S/C23H22ClN3O4/c1-27-7-6-25-22(27)21(15-10-18(29-2)12-19(11-15)30-3)26-23(28)16-8-14-9-17(24)4-5-20(14)31-13-16/h4-12,21H,13H2,1-3H3,(H,26,28). The van der Waals surface area contributed by atoms with Crippen molar-refractivity contribution in [2.45, 2.75) is 6.04 Å². The summed E-state index contributed by atoms with van der Waals surface area (Å²) in [6.07, 6.45) is 5.31. The lowest BCUT2D eigenvalue weighted by Gasteiger charge is -2.23. The fraction of sp³-hybridized carbons (Fsp3) is 0.217. The van der Waals surface area contributed by atoms with Crippen LogP contribution in [0.3, 0.4) is 0 Å². The lowest BCUT2D eigenvalue weighted by atomic mass is 10.0. The number of fused-ring (bicyclic) bond motifs is 1. The number of carbonyl (C=O) groups excluding carboxylic acids is 1. The molecule has 0 saturated carbocycles. The molecule has 1 aromatic heterocycles. The zero-order valence-electron chi connectivity index (χ0n) is 17.4. The molecular weight excluding hydrogens is 418 g/mol. The number of aryl methyl sites for hydroxylation is 1. The average Bonchev–Trinajstić information content (AvgIpc) is 3.21. The third kappa shape index (κ3) is 4.36. The molecule has 1 atom stereocenters. The number of halogens is 1. The molecule has 2 aromatic carbocycles. The molecule has 31 heavy (non-hydrogen) atoms. The third-order valence-electron chi connectivity index (χ3n) is 5.08. The SMILES string of the molecule is COc1cc(OC)cc(C(NC(=O)C2=Cc3cc(Cl)ccc3OC2)c2nccn2C)c1. The van der Waals surface area contributed by atoms with Crippen LogP contribution in [0, 0.1) is 0 Å². The van der Waals surface area contributed by atoms with Crippen molar-refractivity contribution in [1.82, 2.24) is 14.9 Å². The summed E-state index contributed by atoms with van der Waals surface area (Å²) >= 11 is 6.09. The molecule has 1 amide bonds. The summed E-state index contributed by atoms with van der Waals surface area (Å²) < 4.78 is 18.4. The van der Waals surface area contributed by atoms with E-state index in [2.05, 4.69) is 10.3 Å². The van der Waals surface area contributed by atoms with Gasteiger partial charge in [0.15, 0.2) is 0 Å². The van der Waals surface area contributed by atoms with Gasteiger partial charge in [0.05, 0.1) is 19.8 Å². The second kappa shape index (κ2) is 8.73. The normalized spacial score (nSPS) is 13.5. The van der Waals surface area contributed by atoms with Crippen molar-refractivity contribution in [1.29, 1.82) is 0 Å². The number of amides is 1. The number of hydrogen-bond donors (Lipinski definition) is 1. The van der Waals surface area contributed by atoms with Crippen LogP contribution < -0.4 is 19.5 Å². The Balaban J connectivity index is 1.70. The quantitative estimate of drug-likeness (QED) is 0.632. The van der Waals surface area contributed by atoms with Crippen LogP contribution in [0.15, 0.2) is 54.4 Å². The van der Waals surface area contributed by atoms with Crippen LogP contribution >= 0.6 is 11.6 Å². The largest absolute Gasteiger partial charge is 0.497 e. The van der Waals surface area contributed by atoms with Crippen LogP contribution in [0.2, 0.25) is 5.02 Å². The van der Waals surface area contributed by atoms with Gasteiger partial charge in [-0.2, -0.15) is 0 Å². The Kier molecular flexibility index (Phi) is 5.86. The second-order valence-electron chi connectivity index (χ2n) is 7.09. The fourth-order valence-corrected chi connectivity index (χ4v) is 3.63. The molecule has 0 bridgehead atoms. The molecule has 1 aliphatic rings. The maximum absolute atomic E-state index is 13.2. The van der Waals surface area contributed by atoms with E-state index in [4.69, 9.17) is 25.8 Å². The van der Waals surface area contributed by atoms with Gasteiger partial charge in [-0.05, 0) is 42.0 Å². The van der Waals surface area contributed by atoms with E-state index < -0.39 is 6.04 Å². The molecular formula is C23H22ClN3O4. The van der Waals surface area contributed by atoms with Crippen molar-refractivity contribution in [3.63, 3.8) is 0 Å². The van der Waals surface area contributed by atoms with E-state index in [0.29, 0.717) is 33.7 Å². The molecule has 3 aromatic rings. The molecule has 0 spiro atoms. The molecule has 7 nitrogen and oxygen atoms in total. The third-order valence-corrected chi connectivity index (χ3v) is 5.31. The molecule has 1 N–H and O–H groups in total. The molecule has 2 heterocycles. The number of nitrogens with one attached hydrogen (secondary N) is 1. The fourth-order valence-electron chi connectivity index (χ4n) is 3.45. The molecule has 0 saturated heterocycles. The molecule has 4 rings (SSSR count). The van der Waals surface area contributed by atoms with Crippen LogP contribution in [0.4, 0.5) is 0 Å². The Hall–Kier alpha value is -3.45. The Morgan fingerprint density at radius 3 is 2.58 bits per heavy atom. The van der Waals surface area contributed by atoms with Gasteiger partial charge in [0.25, 0.3) is 5.91 Å². The topological polar surface area (TPSA) is 74.6 Å². The maximum Gasteiger partial charge on any atom is 0.251 e. The first kappa shape index (κ1) is 20.8. The number of benzene rings is 2. The highest BCUT2D eigenvalue weighted by atomic mass is 35.5. The van der Waals surface area contributed by atoms with Crippen LogP contribution in [-0.2, 0) is 11.8 Å². The first-order chi connectivity index (χ1) is 15.0. The van der Waals surface area contributed by atoms with Gasteiger partial charge < -0.3 is 24.1 Å². The van der Waals surface area contributed by atoms with Gasteiger partial charge in [0, 0.05) is 36.1 Å². The minimum absolute atomic E-state index is 0.162. The molecule has 0 fully saturated rings. The van der Waals surface area contributed by atoms with Crippen LogP contribution in [0.5, 0.6) is 17.2 Å². The van der Waals surface area contributed by atoms with E-state index in [1.165, 1.54) is 0 Å². The first-order valence-corrected chi connectivity index (χ1v) is 10.00. The summed E-state index contributed by atoms with van der Waals surface area (Å²) in [5, 5.41) is 3.66. The van der Waals surface area contributed by atoms with E-state index in [9.17, 15) is 4.79 Å². The molecule has 1 aliphatic heterocycles. The summed E-state index contributed by atoms with van der Waals surface area (Å²) in [6, 6.07) is 10.3. The van der Waals surface area contributed by atoms with Gasteiger partial charge in [-0.1, -0.05) is 11.6 Å². The summed E-state index contributed by atoms with van der Waals surface area (Å²) in [6.45, 7) is 0.162. The highest BCUT2D eigenvalue weighted by Crippen LogP contribution is 2.31. The Morgan fingerprint density at radius 1 is 1.19 bits per heavy atom. The number of carbonyl (C=O) groups is 1. The zero-order chi connectivity index (χ0) is 22.0. The van der Waals surface area contributed by atoms with E-state index in [0.717, 1.165) is 11.1 Å². The number of nitrogens with zero attached hydrogens (tertiary/aromatic N) is 2. The van der Waals surface area contributed by atoms with Gasteiger partial charge in [0.2, 0.25) is 0 Å². The highest BCUT2D eigenvalue weighted by molar-refractivity contribution is 6.30. The van der Waals surface area contributed by atoms with Crippen LogP contribution in [-0.4, -0.2) is 36.3 Å². The van der Waals surface area contributed by atoms with E-state index in [1.54, 1.807) is 50.8 Å². The van der Waals surface area contributed by atoms with Gasteiger partial charge >= 0.3 is 0 Å². The Morgan fingerprint density at radius 2 is 1.94 bits per heavy atom. The van der Waals surface area contributed by atoms with E-state index in [-0.39, 0.29) is 12.5 Å². The molecule has 0 aliphatic carbocycles. The average molecular weight is 440 g/mol. The summed E-state index contributed by atoms with van der Waals surface area (Å²) in [4.78, 5) is 17.6. The monoisotopic (exact) mass is 439 g/mol. The summed E-state index contributed by atoms with van der Waals surface area (Å²) in [7, 11) is 5.04. The number of hydrogen-bond acceptors (Lipinski definition) is 5. The number of ether oxygens (including phenoxy) is 3. The first-order valence-electron chi connectivity index (χ1n) is 9.62. The summed E-state index contributed by atoms with van der Waals surface area (Å²) in [5.41, 5.74) is 2.03. The van der Waals surface area contributed by atoms with Crippen LogP contribution in [0.1, 0.15) is 23.0 Å². The number of rotatable bonds is 6. The molecule has 8 heteroatoms. The minimum atomic E-state index is -0.529. The Bertz CT molecular complexity index is 1130. The zero-order valence-corrected chi connectivity index (χ0v) is 18.1. The molecule has 0 radical (unpaired) electrons. The van der Waals surface area contributed by atoms with Crippen molar-refractivity contribution in [3.05, 3.63) is 76.3 Å². The van der Waals surface area contributed by atoms with Crippen molar-refractivity contribution in [3.8, 4) is 17.2 Å². The lowest BCUT2D eigenvalue weighted by molar-refractivity contribution is -0.118. The predicted molar refractivity (Wildman–Crippen MR) is 118 cm³/mol.